The van der Waals surface area contributed by atoms with Crippen LogP contribution in [0.3, 0.4) is 0 Å². The number of carbonyl (C=O) groups excluding carboxylic acids is 2. The fourth-order valence-corrected chi connectivity index (χ4v) is 4.22. The highest BCUT2D eigenvalue weighted by atomic mass is 35.5. The third-order valence-corrected chi connectivity index (χ3v) is 6.01. The lowest BCUT2D eigenvalue weighted by Crippen LogP contribution is -2.45. The number of hydrogen-bond acceptors (Lipinski definition) is 4. The van der Waals surface area contributed by atoms with E-state index in [1.54, 1.807) is 18.2 Å². The summed E-state index contributed by atoms with van der Waals surface area (Å²) in [5.74, 6) is -1.39. The molecule has 32 heavy (non-hydrogen) atoms. The lowest BCUT2D eigenvalue weighted by atomic mass is 9.97. The number of nitrogens with one attached hydrogen (secondary N) is 2. The second kappa shape index (κ2) is 10.1. The van der Waals surface area contributed by atoms with Gasteiger partial charge in [0.05, 0.1) is 19.3 Å². The van der Waals surface area contributed by atoms with Gasteiger partial charge in [-0.2, -0.15) is 0 Å². The van der Waals surface area contributed by atoms with Crippen LogP contribution in [0.4, 0.5) is 5.69 Å². The Morgan fingerprint density at radius 3 is 2.59 bits per heavy atom. The number of benzene rings is 3. The lowest BCUT2D eigenvalue weighted by Gasteiger charge is -2.35. The van der Waals surface area contributed by atoms with E-state index in [-0.39, 0.29) is 6.04 Å². The highest BCUT2D eigenvalue weighted by Crippen LogP contribution is 2.29. The van der Waals surface area contributed by atoms with E-state index in [0.29, 0.717) is 30.5 Å². The lowest BCUT2D eigenvalue weighted by molar-refractivity contribution is -0.136. The number of halogens is 1. The van der Waals surface area contributed by atoms with Gasteiger partial charge in [0, 0.05) is 30.3 Å². The molecule has 1 atom stereocenters. The van der Waals surface area contributed by atoms with Crippen LogP contribution in [0.5, 0.6) is 0 Å². The largest absolute Gasteiger partial charge is 0.379 e. The number of carbonyl (C=O) groups is 2. The summed E-state index contributed by atoms with van der Waals surface area (Å²) in [6.07, 6.45) is 0. The molecule has 1 fully saturated rings. The van der Waals surface area contributed by atoms with Crippen LogP contribution in [0.2, 0.25) is 5.02 Å². The zero-order valence-electron chi connectivity index (χ0n) is 17.9. The van der Waals surface area contributed by atoms with Gasteiger partial charge < -0.3 is 15.4 Å². The second-order valence-corrected chi connectivity index (χ2v) is 8.29. The summed E-state index contributed by atoms with van der Waals surface area (Å²) in [5, 5.41) is 8.26. The van der Waals surface area contributed by atoms with Crippen molar-refractivity contribution in [1.29, 1.82) is 0 Å². The topological polar surface area (TPSA) is 70.7 Å². The van der Waals surface area contributed by atoms with Crippen molar-refractivity contribution >= 4 is 39.9 Å². The Morgan fingerprint density at radius 1 is 1.03 bits per heavy atom. The zero-order valence-corrected chi connectivity index (χ0v) is 18.7. The van der Waals surface area contributed by atoms with Crippen molar-refractivity contribution in [1.82, 2.24) is 10.2 Å². The molecule has 0 spiro atoms. The maximum Gasteiger partial charge on any atom is 0.313 e. The first-order chi connectivity index (χ1) is 15.5. The molecule has 1 heterocycles. The van der Waals surface area contributed by atoms with Crippen molar-refractivity contribution in [3.8, 4) is 0 Å². The van der Waals surface area contributed by atoms with Gasteiger partial charge in [-0.05, 0) is 41.0 Å². The predicted octanol–water partition coefficient (Wildman–Crippen LogP) is 3.93. The van der Waals surface area contributed by atoms with E-state index in [4.69, 9.17) is 16.3 Å². The van der Waals surface area contributed by atoms with Gasteiger partial charge in [0.2, 0.25) is 0 Å². The summed E-state index contributed by atoms with van der Waals surface area (Å²) in [7, 11) is 0. The molecular formula is C25H26ClN3O3. The van der Waals surface area contributed by atoms with Gasteiger partial charge in [-0.15, -0.1) is 0 Å². The number of rotatable bonds is 5. The molecule has 0 aliphatic carbocycles. The Labute approximate surface area is 192 Å². The van der Waals surface area contributed by atoms with Crippen molar-refractivity contribution in [3.05, 3.63) is 76.8 Å². The summed E-state index contributed by atoms with van der Waals surface area (Å²) < 4.78 is 5.52. The Hall–Kier alpha value is -2.93. The van der Waals surface area contributed by atoms with Crippen LogP contribution in [0.25, 0.3) is 10.8 Å². The van der Waals surface area contributed by atoms with E-state index in [1.165, 1.54) is 0 Å². The van der Waals surface area contributed by atoms with Gasteiger partial charge in [0.25, 0.3) is 0 Å². The molecule has 4 rings (SSSR count). The highest BCUT2D eigenvalue weighted by molar-refractivity contribution is 6.40. The van der Waals surface area contributed by atoms with E-state index in [2.05, 4.69) is 39.8 Å². The van der Waals surface area contributed by atoms with Crippen molar-refractivity contribution in [3.63, 3.8) is 0 Å². The number of morpholine rings is 1. The first kappa shape index (κ1) is 22.3. The summed E-state index contributed by atoms with van der Waals surface area (Å²) >= 11 is 6.02. The van der Waals surface area contributed by atoms with Crippen LogP contribution in [-0.2, 0) is 14.3 Å². The molecule has 2 N–H and O–H groups in total. The average Bonchev–Trinajstić information content (AvgIpc) is 2.82. The Morgan fingerprint density at radius 2 is 1.78 bits per heavy atom. The van der Waals surface area contributed by atoms with Gasteiger partial charge in [0.15, 0.2) is 0 Å². The number of aryl methyl sites for hydroxylation is 1. The molecule has 7 heteroatoms. The second-order valence-electron chi connectivity index (χ2n) is 7.86. The summed E-state index contributed by atoms with van der Waals surface area (Å²) in [5.41, 5.74) is 2.48. The fourth-order valence-electron chi connectivity index (χ4n) is 4.04. The zero-order chi connectivity index (χ0) is 22.5. The van der Waals surface area contributed by atoms with Crippen LogP contribution in [0, 0.1) is 6.92 Å². The van der Waals surface area contributed by atoms with Gasteiger partial charge >= 0.3 is 11.8 Å². The van der Waals surface area contributed by atoms with E-state index in [0.717, 1.165) is 35.0 Å². The standard InChI is InChI=1S/C25H26ClN3O3/c1-17-9-10-19(26)15-22(17)28-25(31)24(30)27-16-23(29-11-13-32-14-12-29)21-8-4-6-18-5-2-3-7-20(18)21/h2-10,15,23H,11-14,16H2,1H3,(H,27,30)(H,28,31). The molecular weight excluding hydrogens is 426 g/mol. The Bertz CT molecular complexity index is 1120. The minimum atomic E-state index is -0.714. The number of nitrogens with zero attached hydrogens (tertiary/aromatic N) is 1. The predicted molar refractivity (Wildman–Crippen MR) is 127 cm³/mol. The number of amides is 2. The van der Waals surface area contributed by atoms with E-state index < -0.39 is 11.8 Å². The first-order valence-electron chi connectivity index (χ1n) is 10.7. The monoisotopic (exact) mass is 451 g/mol. The smallest absolute Gasteiger partial charge is 0.313 e. The van der Waals surface area contributed by atoms with Crippen LogP contribution < -0.4 is 10.6 Å². The fraction of sp³-hybridized carbons (Fsp3) is 0.280. The number of hydrogen-bond donors (Lipinski definition) is 2. The molecule has 0 aromatic heterocycles. The van der Waals surface area contributed by atoms with Crippen LogP contribution in [0.1, 0.15) is 17.2 Å². The van der Waals surface area contributed by atoms with Crippen LogP contribution in [-0.4, -0.2) is 49.6 Å². The molecule has 0 radical (unpaired) electrons. The molecule has 3 aromatic rings. The van der Waals surface area contributed by atoms with Crippen molar-refractivity contribution < 1.29 is 14.3 Å². The summed E-state index contributed by atoms with van der Waals surface area (Å²) in [4.78, 5) is 27.4. The minimum absolute atomic E-state index is 0.0744. The van der Waals surface area contributed by atoms with E-state index >= 15 is 0 Å². The SMILES string of the molecule is Cc1ccc(Cl)cc1NC(=O)C(=O)NCC(c1cccc2ccccc12)N1CCOCC1. The normalized spacial score (nSPS) is 15.3. The molecule has 1 aliphatic rings. The number of fused-ring (bicyclic) bond motifs is 1. The molecule has 3 aromatic carbocycles. The Balaban J connectivity index is 1.52. The molecule has 0 bridgehead atoms. The van der Waals surface area contributed by atoms with Crippen LogP contribution in [0.15, 0.2) is 60.7 Å². The molecule has 1 saturated heterocycles. The van der Waals surface area contributed by atoms with E-state index in [9.17, 15) is 9.59 Å². The van der Waals surface area contributed by atoms with Crippen LogP contribution >= 0.6 is 11.6 Å². The van der Waals surface area contributed by atoms with Gasteiger partial charge in [-0.3, -0.25) is 14.5 Å². The highest BCUT2D eigenvalue weighted by Gasteiger charge is 2.26. The number of anilines is 1. The average molecular weight is 452 g/mol. The maximum atomic E-state index is 12.6. The molecule has 166 valence electrons. The van der Waals surface area contributed by atoms with Crippen molar-refractivity contribution in [2.45, 2.75) is 13.0 Å². The quantitative estimate of drug-likeness (QED) is 0.576. The molecule has 1 aliphatic heterocycles. The third-order valence-electron chi connectivity index (χ3n) is 5.78. The minimum Gasteiger partial charge on any atom is -0.379 e. The molecule has 1 unspecified atom stereocenters. The molecule has 6 nitrogen and oxygen atoms in total. The molecule has 2 amide bonds. The molecule has 0 saturated carbocycles. The van der Waals surface area contributed by atoms with Gasteiger partial charge in [-0.25, -0.2) is 0 Å². The van der Waals surface area contributed by atoms with Gasteiger partial charge in [-0.1, -0.05) is 60.1 Å². The van der Waals surface area contributed by atoms with Gasteiger partial charge in [0.1, 0.15) is 0 Å². The summed E-state index contributed by atoms with van der Waals surface area (Å²) in [6, 6.07) is 19.5. The van der Waals surface area contributed by atoms with Crippen molar-refractivity contribution in [2.24, 2.45) is 0 Å². The maximum absolute atomic E-state index is 12.6. The Kier molecular flexibility index (Phi) is 7.05. The van der Waals surface area contributed by atoms with E-state index in [1.807, 2.05) is 25.1 Å². The van der Waals surface area contributed by atoms with Crippen molar-refractivity contribution in [2.75, 3.05) is 38.2 Å². The third kappa shape index (κ3) is 5.10. The number of ether oxygens (including phenoxy) is 1. The summed E-state index contributed by atoms with van der Waals surface area (Å²) in [6.45, 7) is 4.97. The first-order valence-corrected chi connectivity index (χ1v) is 11.1.